The van der Waals surface area contributed by atoms with E-state index in [9.17, 15) is 5.11 Å². The maximum Gasteiger partial charge on any atom is 0.0774 e. The van der Waals surface area contributed by atoms with Crippen molar-refractivity contribution >= 4 is 0 Å². The molecule has 2 rings (SSSR count). The van der Waals surface area contributed by atoms with Crippen molar-refractivity contribution in [2.75, 3.05) is 6.54 Å². The van der Waals surface area contributed by atoms with Gasteiger partial charge in [0, 0.05) is 12.6 Å². The summed E-state index contributed by atoms with van der Waals surface area (Å²) in [4.78, 5) is 0. The molecule has 3 atom stereocenters. The van der Waals surface area contributed by atoms with Crippen molar-refractivity contribution in [2.24, 2.45) is 11.3 Å². The van der Waals surface area contributed by atoms with Gasteiger partial charge >= 0.3 is 0 Å². The average molecular weight is 253 g/mol. The standard InChI is InChI=1S/C16H31NO/c1-13-6-4-9-16(18,10-13)12-17-14-7-5-8-15(2,3)11-14/h13-14,17-18H,4-12H2,1-3H3. The van der Waals surface area contributed by atoms with E-state index >= 15 is 0 Å². The van der Waals surface area contributed by atoms with Crippen LogP contribution in [0.2, 0.25) is 0 Å². The zero-order valence-electron chi connectivity index (χ0n) is 12.5. The zero-order valence-corrected chi connectivity index (χ0v) is 12.5. The zero-order chi connectivity index (χ0) is 13.2. The average Bonchev–Trinajstić information content (AvgIpc) is 2.25. The van der Waals surface area contributed by atoms with Crippen molar-refractivity contribution in [3.8, 4) is 0 Å². The highest BCUT2D eigenvalue weighted by atomic mass is 16.3. The summed E-state index contributed by atoms with van der Waals surface area (Å²) in [6.45, 7) is 7.82. The molecule has 0 amide bonds. The Labute approximate surface area is 113 Å². The lowest BCUT2D eigenvalue weighted by Gasteiger charge is -2.40. The maximum absolute atomic E-state index is 10.6. The van der Waals surface area contributed by atoms with Crippen LogP contribution in [0.3, 0.4) is 0 Å². The first kappa shape index (κ1) is 14.3. The highest BCUT2D eigenvalue weighted by Gasteiger charge is 2.34. The lowest BCUT2D eigenvalue weighted by Crippen LogP contribution is -2.48. The summed E-state index contributed by atoms with van der Waals surface area (Å²) in [5, 5.41) is 14.3. The van der Waals surface area contributed by atoms with Crippen LogP contribution < -0.4 is 5.32 Å². The first-order valence-electron chi connectivity index (χ1n) is 7.84. The van der Waals surface area contributed by atoms with Crippen LogP contribution in [0.15, 0.2) is 0 Å². The largest absolute Gasteiger partial charge is 0.389 e. The van der Waals surface area contributed by atoms with Gasteiger partial charge in [-0.05, 0) is 43.4 Å². The van der Waals surface area contributed by atoms with E-state index in [0.29, 0.717) is 17.4 Å². The molecule has 0 aromatic carbocycles. The van der Waals surface area contributed by atoms with Gasteiger partial charge in [-0.25, -0.2) is 0 Å². The van der Waals surface area contributed by atoms with E-state index in [1.165, 1.54) is 38.5 Å². The second-order valence-corrected chi connectivity index (χ2v) is 7.76. The lowest BCUT2D eigenvalue weighted by atomic mass is 9.74. The Morgan fingerprint density at radius 2 is 1.83 bits per heavy atom. The highest BCUT2D eigenvalue weighted by Crippen LogP contribution is 2.36. The number of hydrogen-bond donors (Lipinski definition) is 2. The van der Waals surface area contributed by atoms with Crippen molar-refractivity contribution in [3.05, 3.63) is 0 Å². The van der Waals surface area contributed by atoms with Crippen LogP contribution in [0.4, 0.5) is 0 Å². The van der Waals surface area contributed by atoms with E-state index in [1.54, 1.807) is 0 Å². The number of aliphatic hydroxyl groups is 1. The van der Waals surface area contributed by atoms with Gasteiger partial charge in [0.05, 0.1) is 5.60 Å². The third-order valence-corrected chi connectivity index (χ3v) is 4.99. The van der Waals surface area contributed by atoms with Gasteiger partial charge in [-0.1, -0.05) is 40.0 Å². The Kier molecular flexibility index (Phi) is 4.38. The predicted molar refractivity (Wildman–Crippen MR) is 76.6 cm³/mol. The Hall–Kier alpha value is -0.0800. The van der Waals surface area contributed by atoms with E-state index in [2.05, 4.69) is 26.1 Å². The summed E-state index contributed by atoms with van der Waals surface area (Å²) >= 11 is 0. The highest BCUT2D eigenvalue weighted by molar-refractivity contribution is 4.90. The molecule has 0 spiro atoms. The van der Waals surface area contributed by atoms with Crippen molar-refractivity contribution in [3.63, 3.8) is 0 Å². The Balaban J connectivity index is 1.80. The molecular weight excluding hydrogens is 222 g/mol. The smallest absolute Gasteiger partial charge is 0.0774 e. The summed E-state index contributed by atoms with van der Waals surface area (Å²) in [6, 6.07) is 0.620. The minimum Gasteiger partial charge on any atom is -0.389 e. The fourth-order valence-corrected chi connectivity index (χ4v) is 4.00. The Bertz CT molecular complexity index is 276. The molecule has 2 N–H and O–H groups in total. The first-order valence-corrected chi connectivity index (χ1v) is 7.84. The fourth-order valence-electron chi connectivity index (χ4n) is 4.00. The summed E-state index contributed by atoms with van der Waals surface area (Å²) in [5.74, 6) is 0.688. The van der Waals surface area contributed by atoms with E-state index in [1.807, 2.05) is 0 Å². The van der Waals surface area contributed by atoms with Gasteiger partial charge in [-0.15, -0.1) is 0 Å². The van der Waals surface area contributed by atoms with Gasteiger partial charge in [0.2, 0.25) is 0 Å². The summed E-state index contributed by atoms with van der Waals surface area (Å²) in [7, 11) is 0. The van der Waals surface area contributed by atoms with Gasteiger partial charge in [0.15, 0.2) is 0 Å². The van der Waals surface area contributed by atoms with E-state index in [-0.39, 0.29) is 0 Å². The molecular formula is C16H31NO. The third kappa shape index (κ3) is 3.96. The van der Waals surface area contributed by atoms with E-state index < -0.39 is 5.60 Å². The van der Waals surface area contributed by atoms with Crippen LogP contribution in [0.25, 0.3) is 0 Å². The molecule has 2 aliphatic rings. The number of rotatable bonds is 3. The molecule has 0 bridgehead atoms. The van der Waals surface area contributed by atoms with Gasteiger partial charge in [-0.2, -0.15) is 0 Å². The molecule has 2 aliphatic carbocycles. The SMILES string of the molecule is CC1CCCC(O)(CNC2CCCC(C)(C)C2)C1. The molecule has 0 aliphatic heterocycles. The molecule has 3 unspecified atom stereocenters. The van der Waals surface area contributed by atoms with Crippen LogP contribution in [0.1, 0.15) is 72.1 Å². The molecule has 18 heavy (non-hydrogen) atoms. The quantitative estimate of drug-likeness (QED) is 0.807. The van der Waals surface area contributed by atoms with Gasteiger partial charge in [-0.3, -0.25) is 0 Å². The summed E-state index contributed by atoms with van der Waals surface area (Å²) < 4.78 is 0. The Morgan fingerprint density at radius 1 is 1.11 bits per heavy atom. The van der Waals surface area contributed by atoms with Gasteiger partial charge in [0.1, 0.15) is 0 Å². The second-order valence-electron chi connectivity index (χ2n) is 7.76. The minimum atomic E-state index is -0.431. The maximum atomic E-state index is 10.6. The topological polar surface area (TPSA) is 32.3 Å². The summed E-state index contributed by atoms with van der Waals surface area (Å²) in [6.07, 6.45) is 9.69. The van der Waals surface area contributed by atoms with Crippen molar-refractivity contribution < 1.29 is 5.11 Å². The molecule has 2 heteroatoms. The number of nitrogens with one attached hydrogen (secondary N) is 1. The molecule has 0 saturated heterocycles. The van der Waals surface area contributed by atoms with Crippen LogP contribution in [0.5, 0.6) is 0 Å². The predicted octanol–water partition coefficient (Wildman–Crippen LogP) is 3.49. The van der Waals surface area contributed by atoms with E-state index in [4.69, 9.17) is 0 Å². The molecule has 2 nitrogen and oxygen atoms in total. The molecule has 0 radical (unpaired) electrons. The van der Waals surface area contributed by atoms with Crippen LogP contribution in [-0.2, 0) is 0 Å². The van der Waals surface area contributed by atoms with Crippen molar-refractivity contribution in [1.82, 2.24) is 5.32 Å². The van der Waals surface area contributed by atoms with Crippen LogP contribution in [0, 0.1) is 11.3 Å². The Morgan fingerprint density at radius 3 is 2.50 bits per heavy atom. The minimum absolute atomic E-state index is 0.431. The third-order valence-electron chi connectivity index (χ3n) is 4.99. The van der Waals surface area contributed by atoms with Gasteiger partial charge in [0.25, 0.3) is 0 Å². The molecule has 0 aromatic heterocycles. The second kappa shape index (κ2) is 5.50. The first-order chi connectivity index (χ1) is 8.39. The molecule has 2 saturated carbocycles. The molecule has 0 aromatic rings. The van der Waals surface area contributed by atoms with Crippen LogP contribution >= 0.6 is 0 Å². The lowest BCUT2D eigenvalue weighted by molar-refractivity contribution is -0.0160. The van der Waals surface area contributed by atoms with Crippen molar-refractivity contribution in [1.29, 1.82) is 0 Å². The van der Waals surface area contributed by atoms with Gasteiger partial charge < -0.3 is 10.4 Å². The fraction of sp³-hybridized carbons (Fsp3) is 1.00. The molecule has 106 valence electrons. The monoisotopic (exact) mass is 253 g/mol. The molecule has 2 fully saturated rings. The number of hydrogen-bond acceptors (Lipinski definition) is 2. The molecule has 0 heterocycles. The summed E-state index contributed by atoms with van der Waals surface area (Å²) in [5.41, 5.74) is 0.0532. The van der Waals surface area contributed by atoms with E-state index in [0.717, 1.165) is 19.4 Å². The van der Waals surface area contributed by atoms with Crippen LogP contribution in [-0.4, -0.2) is 23.3 Å². The van der Waals surface area contributed by atoms with Crippen molar-refractivity contribution in [2.45, 2.75) is 83.8 Å². The normalized spacial score (nSPS) is 40.7.